The zero-order chi connectivity index (χ0) is 10.7. The normalized spacial score (nSPS) is 12.9. The van der Waals surface area contributed by atoms with Gasteiger partial charge in [-0.05, 0) is 18.6 Å². The number of hydrogen-bond donors (Lipinski definition) is 2. The molecule has 0 aliphatic heterocycles. The second-order valence-electron chi connectivity index (χ2n) is 2.88. The summed E-state index contributed by atoms with van der Waals surface area (Å²) in [5.41, 5.74) is 6.24. The van der Waals surface area contributed by atoms with Crippen LogP contribution >= 0.6 is 27.5 Å². The van der Waals surface area contributed by atoms with Crippen molar-refractivity contribution in [2.75, 3.05) is 6.61 Å². The summed E-state index contributed by atoms with van der Waals surface area (Å²) in [6.07, 6.45) is 0.349. The van der Waals surface area contributed by atoms with Gasteiger partial charge in [0, 0.05) is 22.7 Å². The Morgan fingerprint density at radius 1 is 1.57 bits per heavy atom. The molecule has 14 heavy (non-hydrogen) atoms. The highest BCUT2D eigenvalue weighted by molar-refractivity contribution is 9.10. The standard InChI is InChI=1S/C9H10BrClFNO/c10-5-1-2-6(12)9(11)8(5)7(13)3-4-14/h1-2,7,14H,3-4,13H2/t7-/m0/s1. The number of nitrogens with two attached hydrogens (primary N) is 1. The molecule has 0 amide bonds. The molecule has 1 rings (SSSR count). The lowest BCUT2D eigenvalue weighted by Gasteiger charge is -2.14. The molecule has 0 aliphatic rings. The van der Waals surface area contributed by atoms with E-state index < -0.39 is 11.9 Å². The van der Waals surface area contributed by atoms with Gasteiger partial charge in [-0.25, -0.2) is 4.39 Å². The summed E-state index contributed by atoms with van der Waals surface area (Å²) in [5.74, 6) is -0.502. The van der Waals surface area contributed by atoms with Crippen molar-refractivity contribution in [1.82, 2.24) is 0 Å². The third kappa shape index (κ3) is 2.45. The molecule has 0 bridgehead atoms. The first kappa shape index (κ1) is 11.9. The van der Waals surface area contributed by atoms with Crippen molar-refractivity contribution >= 4 is 27.5 Å². The highest BCUT2D eigenvalue weighted by atomic mass is 79.9. The van der Waals surface area contributed by atoms with E-state index in [2.05, 4.69) is 15.9 Å². The van der Waals surface area contributed by atoms with Crippen LogP contribution in [0.25, 0.3) is 0 Å². The summed E-state index contributed by atoms with van der Waals surface area (Å²) in [6, 6.07) is 2.35. The molecule has 0 aliphatic carbocycles. The van der Waals surface area contributed by atoms with Gasteiger partial charge >= 0.3 is 0 Å². The second kappa shape index (κ2) is 5.07. The maximum Gasteiger partial charge on any atom is 0.142 e. The van der Waals surface area contributed by atoms with Crippen LogP contribution in [-0.4, -0.2) is 11.7 Å². The molecule has 1 aromatic carbocycles. The smallest absolute Gasteiger partial charge is 0.142 e. The van der Waals surface area contributed by atoms with E-state index in [0.29, 0.717) is 16.5 Å². The van der Waals surface area contributed by atoms with Crippen LogP contribution in [0, 0.1) is 5.82 Å². The zero-order valence-electron chi connectivity index (χ0n) is 7.30. The monoisotopic (exact) mass is 281 g/mol. The van der Waals surface area contributed by atoms with Crippen LogP contribution in [0.2, 0.25) is 5.02 Å². The lowest BCUT2D eigenvalue weighted by molar-refractivity contribution is 0.276. The summed E-state index contributed by atoms with van der Waals surface area (Å²) in [7, 11) is 0. The van der Waals surface area contributed by atoms with Gasteiger partial charge < -0.3 is 10.8 Å². The van der Waals surface area contributed by atoms with Crippen LogP contribution in [0.5, 0.6) is 0 Å². The number of aliphatic hydroxyl groups is 1. The third-order valence-corrected chi connectivity index (χ3v) is 2.97. The Bertz CT molecular complexity index is 335. The summed E-state index contributed by atoms with van der Waals surface area (Å²) < 4.78 is 13.7. The average molecular weight is 283 g/mol. The van der Waals surface area contributed by atoms with E-state index >= 15 is 0 Å². The van der Waals surface area contributed by atoms with E-state index in [4.69, 9.17) is 22.4 Å². The summed E-state index contributed by atoms with van der Waals surface area (Å²) in [5, 5.41) is 8.73. The van der Waals surface area contributed by atoms with Crippen LogP contribution in [0.1, 0.15) is 18.0 Å². The maximum atomic E-state index is 13.1. The van der Waals surface area contributed by atoms with Crippen LogP contribution in [0.3, 0.4) is 0 Å². The molecule has 0 spiro atoms. The van der Waals surface area contributed by atoms with Gasteiger partial charge in [0.25, 0.3) is 0 Å². The summed E-state index contributed by atoms with van der Waals surface area (Å²) in [4.78, 5) is 0. The van der Waals surface area contributed by atoms with E-state index in [-0.39, 0.29) is 11.6 Å². The lowest BCUT2D eigenvalue weighted by atomic mass is 10.1. The highest BCUT2D eigenvalue weighted by Gasteiger charge is 2.16. The van der Waals surface area contributed by atoms with Gasteiger partial charge in [-0.2, -0.15) is 0 Å². The molecule has 0 heterocycles. The first-order valence-electron chi connectivity index (χ1n) is 4.07. The van der Waals surface area contributed by atoms with Gasteiger partial charge in [0.1, 0.15) is 5.82 Å². The van der Waals surface area contributed by atoms with Gasteiger partial charge in [0.2, 0.25) is 0 Å². The molecule has 3 N–H and O–H groups in total. The van der Waals surface area contributed by atoms with Crippen LogP contribution < -0.4 is 5.73 Å². The molecule has 5 heteroatoms. The van der Waals surface area contributed by atoms with Gasteiger partial charge in [0.15, 0.2) is 0 Å². The molecule has 2 nitrogen and oxygen atoms in total. The Hall–Kier alpha value is -0.160. The Morgan fingerprint density at radius 2 is 2.21 bits per heavy atom. The fourth-order valence-corrected chi connectivity index (χ4v) is 2.21. The highest BCUT2D eigenvalue weighted by Crippen LogP contribution is 2.32. The maximum absolute atomic E-state index is 13.1. The van der Waals surface area contributed by atoms with Gasteiger partial charge in [-0.3, -0.25) is 0 Å². The summed E-state index contributed by atoms with van der Waals surface area (Å²) in [6.45, 7) is -0.0551. The minimum Gasteiger partial charge on any atom is -0.396 e. The van der Waals surface area contributed by atoms with E-state index in [1.807, 2.05) is 0 Å². The predicted octanol–water partition coefficient (Wildman–Crippen LogP) is 2.62. The number of benzene rings is 1. The molecule has 78 valence electrons. The van der Waals surface area contributed by atoms with Crippen molar-refractivity contribution in [2.45, 2.75) is 12.5 Å². The second-order valence-corrected chi connectivity index (χ2v) is 4.11. The number of halogens is 3. The van der Waals surface area contributed by atoms with E-state index in [9.17, 15) is 4.39 Å². The molecule has 0 unspecified atom stereocenters. The van der Waals surface area contributed by atoms with Crippen LogP contribution in [-0.2, 0) is 0 Å². The first-order valence-corrected chi connectivity index (χ1v) is 5.25. The number of rotatable bonds is 3. The van der Waals surface area contributed by atoms with Crippen molar-refractivity contribution in [3.05, 3.63) is 33.0 Å². The fourth-order valence-electron chi connectivity index (χ4n) is 1.17. The topological polar surface area (TPSA) is 46.2 Å². The molecular weight excluding hydrogens is 272 g/mol. The molecule has 0 saturated carbocycles. The van der Waals surface area contributed by atoms with E-state index in [0.717, 1.165) is 0 Å². The molecular formula is C9H10BrClFNO. The van der Waals surface area contributed by atoms with E-state index in [1.54, 1.807) is 6.07 Å². The van der Waals surface area contributed by atoms with Crippen molar-refractivity contribution in [2.24, 2.45) is 5.73 Å². The minimum atomic E-state index is -0.502. The first-order chi connectivity index (χ1) is 6.57. The van der Waals surface area contributed by atoms with Crippen molar-refractivity contribution in [3.8, 4) is 0 Å². The molecule has 1 aromatic rings. The van der Waals surface area contributed by atoms with Gasteiger partial charge in [-0.15, -0.1) is 0 Å². The predicted molar refractivity (Wildman–Crippen MR) is 57.7 cm³/mol. The molecule has 1 atom stereocenters. The minimum absolute atomic E-state index is 0.0142. The Labute approximate surface area is 95.0 Å². The van der Waals surface area contributed by atoms with Crippen molar-refractivity contribution in [1.29, 1.82) is 0 Å². The number of hydrogen-bond acceptors (Lipinski definition) is 2. The van der Waals surface area contributed by atoms with Gasteiger partial charge in [0.05, 0.1) is 5.02 Å². The zero-order valence-corrected chi connectivity index (χ0v) is 9.65. The summed E-state index contributed by atoms with van der Waals surface area (Å²) >= 11 is 9.00. The quantitative estimate of drug-likeness (QED) is 0.837. The fraction of sp³-hybridized carbons (Fsp3) is 0.333. The molecule has 0 radical (unpaired) electrons. The molecule has 0 fully saturated rings. The Balaban J connectivity index is 3.11. The molecule has 0 saturated heterocycles. The van der Waals surface area contributed by atoms with Crippen LogP contribution in [0.15, 0.2) is 16.6 Å². The average Bonchev–Trinajstić information content (AvgIpc) is 2.13. The van der Waals surface area contributed by atoms with Crippen molar-refractivity contribution in [3.63, 3.8) is 0 Å². The largest absolute Gasteiger partial charge is 0.396 e. The third-order valence-electron chi connectivity index (χ3n) is 1.89. The Kier molecular flexibility index (Phi) is 4.31. The van der Waals surface area contributed by atoms with E-state index in [1.165, 1.54) is 6.07 Å². The van der Waals surface area contributed by atoms with Gasteiger partial charge in [-0.1, -0.05) is 27.5 Å². The molecule has 0 aromatic heterocycles. The lowest BCUT2D eigenvalue weighted by Crippen LogP contribution is -2.13. The Morgan fingerprint density at radius 3 is 2.79 bits per heavy atom. The SMILES string of the molecule is N[C@@H](CCO)c1c(Br)ccc(F)c1Cl. The van der Waals surface area contributed by atoms with Crippen LogP contribution in [0.4, 0.5) is 4.39 Å². The van der Waals surface area contributed by atoms with Crippen molar-refractivity contribution < 1.29 is 9.50 Å². The number of aliphatic hydroxyl groups excluding tert-OH is 1.